The Morgan fingerprint density at radius 3 is 2.05 bits per heavy atom. The van der Waals surface area contributed by atoms with Gasteiger partial charge in [-0.25, -0.2) is 0 Å². The van der Waals surface area contributed by atoms with Gasteiger partial charge in [-0.15, -0.1) is 0 Å². The van der Waals surface area contributed by atoms with E-state index in [0.29, 0.717) is 41.9 Å². The largest absolute Gasteiger partial charge is 0.416 e. The van der Waals surface area contributed by atoms with E-state index in [0.717, 1.165) is 13.1 Å². The maximum Gasteiger partial charge on any atom is 0.416 e. The Balaban J connectivity index is 1.46. The molecule has 2 aromatic rings. The lowest BCUT2D eigenvalue weighted by Crippen LogP contribution is -2.53. The zero-order valence-electron chi connectivity index (χ0n) is 21.4. The summed E-state index contributed by atoms with van der Waals surface area (Å²) < 4.78 is 79.3. The van der Waals surface area contributed by atoms with Gasteiger partial charge in [-0.2, -0.15) is 26.3 Å². The highest BCUT2D eigenvalue weighted by Gasteiger charge is 2.37. The minimum atomic E-state index is -4.92. The Hall–Kier alpha value is -2.30. The molecule has 1 aliphatic heterocycles. The molecule has 1 unspecified atom stereocenters. The second-order valence-corrected chi connectivity index (χ2v) is 10.7. The number of rotatable bonds is 7. The van der Waals surface area contributed by atoms with Crippen LogP contribution in [0.3, 0.4) is 0 Å². The molecule has 1 heterocycles. The fourth-order valence-electron chi connectivity index (χ4n) is 5.60. The van der Waals surface area contributed by atoms with Crippen LogP contribution in [0, 0.1) is 0 Å². The first-order chi connectivity index (χ1) is 18.4. The van der Waals surface area contributed by atoms with Gasteiger partial charge in [0.05, 0.1) is 11.1 Å². The summed E-state index contributed by atoms with van der Waals surface area (Å²) in [4.78, 5) is 18.0. The average Bonchev–Trinajstić information content (AvgIpc) is 2.90. The predicted octanol–water partition coefficient (Wildman–Crippen LogP) is 6.73. The molecule has 4 nitrogen and oxygen atoms in total. The summed E-state index contributed by atoms with van der Waals surface area (Å²) in [5.41, 5.74) is -2.29. The van der Waals surface area contributed by atoms with Gasteiger partial charge in [-0.05, 0) is 54.7 Å². The number of benzene rings is 2. The highest BCUT2D eigenvalue weighted by molar-refractivity contribution is 6.31. The molecule has 4 rings (SSSR count). The van der Waals surface area contributed by atoms with Gasteiger partial charge in [0, 0.05) is 43.8 Å². The third-order valence-electron chi connectivity index (χ3n) is 7.61. The molecular weight excluding hydrogens is 544 g/mol. The van der Waals surface area contributed by atoms with Crippen LogP contribution in [0.1, 0.15) is 60.4 Å². The van der Waals surface area contributed by atoms with Gasteiger partial charge in [0.2, 0.25) is 5.91 Å². The van der Waals surface area contributed by atoms with Crippen molar-refractivity contribution in [3.8, 4) is 0 Å². The highest BCUT2D eigenvalue weighted by Crippen LogP contribution is 2.36. The third-order valence-corrected chi connectivity index (χ3v) is 7.96. The van der Waals surface area contributed by atoms with Crippen LogP contribution >= 0.6 is 11.6 Å². The molecule has 1 N–H and O–H groups in total. The Bertz CT molecular complexity index is 1090. The number of carbonyl (C=O) groups excluding carboxylic acids is 1. The first-order valence-electron chi connectivity index (χ1n) is 13.2. The van der Waals surface area contributed by atoms with E-state index < -0.39 is 35.4 Å². The number of carbonyl (C=O) groups is 1. The van der Waals surface area contributed by atoms with Gasteiger partial charge in [-0.3, -0.25) is 14.6 Å². The van der Waals surface area contributed by atoms with Crippen LogP contribution in [-0.2, 0) is 23.6 Å². The molecule has 1 saturated heterocycles. The standard InChI is InChI=1S/C28H32ClF6N3O/c29-24-9-5-4-8-23(24)25(38-14-12-37(13-15-38)22-6-2-1-3-7-22)26(39)36-11-10-19-16-20(27(30,31)32)18-21(17-19)28(33,34)35/h4-5,8-9,16-18,22,25H,1-3,6-7,10-15H2,(H,36,39). The quantitative estimate of drug-likeness (QED) is 0.372. The molecule has 1 atom stereocenters. The van der Waals surface area contributed by atoms with Crippen molar-refractivity contribution in [2.24, 2.45) is 0 Å². The smallest absolute Gasteiger partial charge is 0.354 e. The number of amides is 1. The summed E-state index contributed by atoms with van der Waals surface area (Å²) in [6.45, 7) is 2.78. The number of hydrogen-bond acceptors (Lipinski definition) is 3. The van der Waals surface area contributed by atoms with Gasteiger partial charge in [0.25, 0.3) is 0 Å². The molecular formula is C28H32ClF6N3O. The molecule has 0 spiro atoms. The summed E-state index contributed by atoms with van der Waals surface area (Å²) in [7, 11) is 0. The van der Waals surface area contributed by atoms with Crippen LogP contribution in [-0.4, -0.2) is 54.5 Å². The topological polar surface area (TPSA) is 35.6 Å². The minimum absolute atomic E-state index is 0.0997. The Kier molecular flexibility index (Phi) is 9.49. The maximum absolute atomic E-state index is 13.4. The zero-order valence-corrected chi connectivity index (χ0v) is 22.2. The third kappa shape index (κ3) is 7.67. The second kappa shape index (κ2) is 12.5. The van der Waals surface area contributed by atoms with E-state index in [1.807, 2.05) is 4.90 Å². The van der Waals surface area contributed by atoms with Crippen molar-refractivity contribution >= 4 is 17.5 Å². The molecule has 39 heavy (non-hydrogen) atoms. The molecule has 214 valence electrons. The SMILES string of the molecule is O=C(NCCc1cc(C(F)(F)F)cc(C(F)(F)F)c1)C(c1ccccc1Cl)N1CCN(C2CCCCC2)CC1. The van der Waals surface area contributed by atoms with Gasteiger partial charge >= 0.3 is 12.4 Å². The van der Waals surface area contributed by atoms with Crippen molar-refractivity contribution in [3.05, 3.63) is 69.7 Å². The monoisotopic (exact) mass is 575 g/mol. The lowest BCUT2D eigenvalue weighted by molar-refractivity contribution is -0.143. The maximum atomic E-state index is 13.4. The van der Waals surface area contributed by atoms with E-state index in [1.54, 1.807) is 24.3 Å². The Morgan fingerprint density at radius 2 is 1.49 bits per heavy atom. The molecule has 0 aromatic heterocycles. The number of piperazine rings is 1. The first kappa shape index (κ1) is 29.7. The van der Waals surface area contributed by atoms with E-state index in [1.165, 1.54) is 32.1 Å². The second-order valence-electron chi connectivity index (χ2n) is 10.2. The van der Waals surface area contributed by atoms with E-state index in [2.05, 4.69) is 10.2 Å². The summed E-state index contributed by atoms with van der Waals surface area (Å²) in [5, 5.41) is 3.15. The van der Waals surface area contributed by atoms with E-state index >= 15 is 0 Å². The number of nitrogens with zero attached hydrogens (tertiary/aromatic N) is 2. The summed E-state index contributed by atoms with van der Waals surface area (Å²) in [6.07, 6.45) is -3.95. The van der Waals surface area contributed by atoms with Crippen molar-refractivity contribution in [2.45, 2.75) is 63.0 Å². The fourth-order valence-corrected chi connectivity index (χ4v) is 5.84. The first-order valence-corrected chi connectivity index (χ1v) is 13.6. The van der Waals surface area contributed by atoms with Gasteiger partial charge in [-0.1, -0.05) is 49.1 Å². The number of hydrogen-bond donors (Lipinski definition) is 1. The van der Waals surface area contributed by atoms with E-state index in [4.69, 9.17) is 11.6 Å². The van der Waals surface area contributed by atoms with Crippen molar-refractivity contribution in [3.63, 3.8) is 0 Å². The minimum Gasteiger partial charge on any atom is -0.354 e. The van der Waals surface area contributed by atoms with Crippen LogP contribution in [0.5, 0.6) is 0 Å². The van der Waals surface area contributed by atoms with Crippen molar-refractivity contribution in [2.75, 3.05) is 32.7 Å². The number of nitrogens with one attached hydrogen (secondary N) is 1. The van der Waals surface area contributed by atoms with Gasteiger partial charge < -0.3 is 5.32 Å². The van der Waals surface area contributed by atoms with Crippen molar-refractivity contribution in [1.29, 1.82) is 0 Å². The van der Waals surface area contributed by atoms with Crippen LogP contribution in [0.15, 0.2) is 42.5 Å². The Labute approximate surface area is 229 Å². The fraction of sp³-hybridized carbons (Fsp3) is 0.536. The highest BCUT2D eigenvalue weighted by atomic mass is 35.5. The van der Waals surface area contributed by atoms with Crippen molar-refractivity contribution < 1.29 is 31.1 Å². The lowest BCUT2D eigenvalue weighted by Gasteiger charge is -2.43. The molecule has 1 amide bonds. The van der Waals surface area contributed by atoms with Crippen molar-refractivity contribution in [1.82, 2.24) is 15.1 Å². The molecule has 2 aromatic carbocycles. The zero-order chi connectivity index (χ0) is 28.2. The molecule has 11 heteroatoms. The van der Waals surface area contributed by atoms with Gasteiger partial charge in [0.1, 0.15) is 6.04 Å². The normalized spacial score (nSPS) is 19.2. The molecule has 2 fully saturated rings. The molecule has 1 saturated carbocycles. The van der Waals surface area contributed by atoms with Crippen LogP contribution in [0.25, 0.3) is 0 Å². The summed E-state index contributed by atoms with van der Waals surface area (Å²) >= 11 is 6.45. The van der Waals surface area contributed by atoms with Crippen LogP contribution in [0.4, 0.5) is 26.3 Å². The molecule has 2 aliphatic rings. The average molecular weight is 576 g/mol. The van der Waals surface area contributed by atoms with Crippen LogP contribution < -0.4 is 5.32 Å². The summed E-state index contributed by atoms with van der Waals surface area (Å²) in [5.74, 6) is -0.391. The molecule has 0 radical (unpaired) electrons. The number of alkyl halides is 6. The van der Waals surface area contributed by atoms with E-state index in [9.17, 15) is 31.1 Å². The molecule has 1 aliphatic carbocycles. The predicted molar refractivity (Wildman–Crippen MR) is 137 cm³/mol. The Morgan fingerprint density at radius 1 is 0.897 bits per heavy atom. The molecule has 0 bridgehead atoms. The van der Waals surface area contributed by atoms with Crippen LogP contribution in [0.2, 0.25) is 5.02 Å². The van der Waals surface area contributed by atoms with E-state index in [-0.39, 0.29) is 24.6 Å². The number of halogens is 7. The lowest BCUT2D eigenvalue weighted by atomic mass is 9.93. The van der Waals surface area contributed by atoms with Gasteiger partial charge in [0.15, 0.2) is 0 Å². The summed E-state index contributed by atoms with van der Waals surface area (Å²) in [6, 6.07) is 8.31.